The highest BCUT2D eigenvalue weighted by atomic mass is 16.2. The molecule has 0 radical (unpaired) electrons. The Morgan fingerprint density at radius 2 is 2.35 bits per heavy atom. The van der Waals surface area contributed by atoms with Crippen LogP contribution >= 0.6 is 0 Å². The van der Waals surface area contributed by atoms with Gasteiger partial charge in [-0.25, -0.2) is 4.79 Å². The van der Waals surface area contributed by atoms with Crippen molar-refractivity contribution < 1.29 is 4.79 Å². The van der Waals surface area contributed by atoms with Gasteiger partial charge in [0.25, 0.3) is 5.91 Å². The van der Waals surface area contributed by atoms with Gasteiger partial charge < -0.3 is 9.88 Å². The lowest BCUT2D eigenvalue weighted by molar-refractivity contribution is 0.0784. The van der Waals surface area contributed by atoms with Gasteiger partial charge in [-0.05, 0) is 25.5 Å². The van der Waals surface area contributed by atoms with Crippen LogP contribution < -0.4 is 5.69 Å². The number of aromatic nitrogens is 4. The normalized spacial score (nSPS) is 18.4. The maximum absolute atomic E-state index is 12.4. The molecule has 7 nitrogen and oxygen atoms in total. The maximum Gasteiger partial charge on any atom is 0.345 e. The van der Waals surface area contributed by atoms with E-state index < -0.39 is 5.69 Å². The molecule has 3 rings (SSSR count). The first-order valence-electron chi connectivity index (χ1n) is 6.50. The van der Waals surface area contributed by atoms with Gasteiger partial charge >= 0.3 is 5.69 Å². The van der Waals surface area contributed by atoms with Gasteiger partial charge in [0.1, 0.15) is 5.69 Å². The summed E-state index contributed by atoms with van der Waals surface area (Å²) in [7, 11) is 0. The minimum absolute atomic E-state index is 0.193. The highest BCUT2D eigenvalue weighted by Crippen LogP contribution is 2.26. The van der Waals surface area contributed by atoms with Crippen molar-refractivity contribution in [3.05, 3.63) is 45.9 Å². The van der Waals surface area contributed by atoms with Crippen LogP contribution in [0.1, 0.15) is 34.2 Å². The molecule has 2 aromatic rings. The number of aromatic amines is 2. The summed E-state index contributed by atoms with van der Waals surface area (Å²) in [6.45, 7) is 3.02. The molecule has 7 heteroatoms. The molecular formula is C13H15N5O2. The SMILES string of the molecule is Cc1cc(C(=O)N2CC[C@H](c3ccn[nH]3)C2)nc(=O)[nH]1. The number of amides is 1. The van der Waals surface area contributed by atoms with Crippen molar-refractivity contribution in [3.63, 3.8) is 0 Å². The molecule has 2 N–H and O–H groups in total. The van der Waals surface area contributed by atoms with Crippen molar-refractivity contribution in [2.45, 2.75) is 19.3 Å². The number of aryl methyl sites for hydroxylation is 1. The number of nitrogens with one attached hydrogen (secondary N) is 2. The molecular weight excluding hydrogens is 258 g/mol. The third-order valence-electron chi connectivity index (χ3n) is 3.54. The Balaban J connectivity index is 1.77. The molecule has 1 fully saturated rings. The zero-order valence-electron chi connectivity index (χ0n) is 11.1. The molecule has 2 aromatic heterocycles. The van der Waals surface area contributed by atoms with E-state index in [1.165, 1.54) is 0 Å². The highest BCUT2D eigenvalue weighted by Gasteiger charge is 2.29. The van der Waals surface area contributed by atoms with E-state index in [1.807, 2.05) is 6.07 Å². The van der Waals surface area contributed by atoms with E-state index in [0.717, 1.165) is 12.1 Å². The second-order valence-corrected chi connectivity index (χ2v) is 5.00. The minimum atomic E-state index is -0.488. The van der Waals surface area contributed by atoms with E-state index in [1.54, 1.807) is 24.1 Å². The van der Waals surface area contributed by atoms with Crippen molar-refractivity contribution in [1.82, 2.24) is 25.1 Å². The highest BCUT2D eigenvalue weighted by molar-refractivity contribution is 5.92. The molecule has 0 aromatic carbocycles. The van der Waals surface area contributed by atoms with Gasteiger partial charge in [-0.15, -0.1) is 0 Å². The van der Waals surface area contributed by atoms with E-state index in [9.17, 15) is 9.59 Å². The largest absolute Gasteiger partial charge is 0.345 e. The summed E-state index contributed by atoms with van der Waals surface area (Å²) in [4.78, 5) is 31.7. The summed E-state index contributed by atoms with van der Waals surface area (Å²) in [5.74, 6) is 0.0748. The average Bonchev–Trinajstić information content (AvgIpc) is 3.07. The van der Waals surface area contributed by atoms with Gasteiger partial charge in [0, 0.05) is 36.6 Å². The molecule has 0 bridgehead atoms. The number of carbonyl (C=O) groups is 1. The molecule has 104 valence electrons. The topological polar surface area (TPSA) is 94.7 Å². The summed E-state index contributed by atoms with van der Waals surface area (Å²) < 4.78 is 0. The Bertz CT molecular complexity index is 676. The van der Waals surface area contributed by atoms with Crippen molar-refractivity contribution in [2.24, 2.45) is 0 Å². The third kappa shape index (κ3) is 2.34. The monoisotopic (exact) mass is 273 g/mol. The second-order valence-electron chi connectivity index (χ2n) is 5.00. The first-order valence-corrected chi connectivity index (χ1v) is 6.50. The Morgan fingerprint density at radius 1 is 1.50 bits per heavy atom. The molecule has 0 unspecified atom stereocenters. The molecule has 1 aliphatic heterocycles. The van der Waals surface area contributed by atoms with E-state index in [4.69, 9.17) is 0 Å². The standard InChI is InChI=1S/C13H15N5O2/c1-8-6-11(16-13(20)15-8)12(19)18-5-3-9(7-18)10-2-4-14-17-10/h2,4,6,9H,3,5,7H2,1H3,(H,14,17)(H,15,16,20)/t9-/m0/s1. The average molecular weight is 273 g/mol. The van der Waals surface area contributed by atoms with Crippen LogP contribution in [-0.2, 0) is 0 Å². The lowest BCUT2D eigenvalue weighted by Gasteiger charge is -2.15. The number of hydrogen-bond acceptors (Lipinski definition) is 4. The molecule has 0 spiro atoms. The first kappa shape index (κ1) is 12.6. The van der Waals surface area contributed by atoms with E-state index in [0.29, 0.717) is 18.8 Å². The summed E-state index contributed by atoms with van der Waals surface area (Å²) in [6, 6.07) is 3.53. The van der Waals surface area contributed by atoms with Crippen LogP contribution in [0.15, 0.2) is 23.1 Å². The summed E-state index contributed by atoms with van der Waals surface area (Å²) in [5.41, 5.74) is 1.39. The third-order valence-corrected chi connectivity index (χ3v) is 3.54. The van der Waals surface area contributed by atoms with Gasteiger partial charge in [0.05, 0.1) is 0 Å². The lowest BCUT2D eigenvalue weighted by Crippen LogP contribution is -2.31. The molecule has 1 aliphatic rings. The first-order chi connectivity index (χ1) is 9.63. The second kappa shape index (κ2) is 4.92. The van der Waals surface area contributed by atoms with E-state index >= 15 is 0 Å². The van der Waals surface area contributed by atoms with Gasteiger partial charge in [0.2, 0.25) is 0 Å². The Kier molecular flexibility index (Phi) is 3.09. The van der Waals surface area contributed by atoms with Crippen LogP contribution in [-0.4, -0.2) is 44.1 Å². The molecule has 0 aliphatic carbocycles. The lowest BCUT2D eigenvalue weighted by atomic mass is 10.1. The molecule has 1 saturated heterocycles. The van der Waals surface area contributed by atoms with Crippen LogP contribution in [0.2, 0.25) is 0 Å². The van der Waals surface area contributed by atoms with Crippen LogP contribution in [0.5, 0.6) is 0 Å². The van der Waals surface area contributed by atoms with Crippen molar-refractivity contribution >= 4 is 5.91 Å². The van der Waals surface area contributed by atoms with Crippen LogP contribution in [0, 0.1) is 6.92 Å². The molecule has 20 heavy (non-hydrogen) atoms. The van der Waals surface area contributed by atoms with Crippen molar-refractivity contribution in [3.8, 4) is 0 Å². The fraction of sp³-hybridized carbons (Fsp3) is 0.385. The number of carbonyl (C=O) groups excluding carboxylic acids is 1. The summed E-state index contributed by atoms with van der Waals surface area (Å²) in [6.07, 6.45) is 2.59. The van der Waals surface area contributed by atoms with Crippen molar-refractivity contribution in [2.75, 3.05) is 13.1 Å². The minimum Gasteiger partial charge on any atom is -0.337 e. The Morgan fingerprint density at radius 3 is 3.05 bits per heavy atom. The zero-order valence-corrected chi connectivity index (χ0v) is 11.1. The number of nitrogens with zero attached hydrogens (tertiary/aromatic N) is 3. The Labute approximate surface area is 115 Å². The fourth-order valence-corrected chi connectivity index (χ4v) is 2.54. The number of likely N-dealkylation sites (tertiary alicyclic amines) is 1. The van der Waals surface area contributed by atoms with Crippen LogP contribution in [0.4, 0.5) is 0 Å². The molecule has 0 saturated carbocycles. The molecule has 1 atom stereocenters. The van der Waals surface area contributed by atoms with Crippen LogP contribution in [0.3, 0.4) is 0 Å². The molecule has 1 amide bonds. The van der Waals surface area contributed by atoms with E-state index in [2.05, 4.69) is 20.2 Å². The summed E-state index contributed by atoms with van der Waals surface area (Å²) >= 11 is 0. The zero-order chi connectivity index (χ0) is 14.1. The van der Waals surface area contributed by atoms with Crippen LogP contribution in [0.25, 0.3) is 0 Å². The quantitative estimate of drug-likeness (QED) is 0.829. The number of H-pyrrole nitrogens is 2. The predicted molar refractivity (Wildman–Crippen MR) is 71.4 cm³/mol. The van der Waals surface area contributed by atoms with Gasteiger partial charge in [0.15, 0.2) is 0 Å². The van der Waals surface area contributed by atoms with Gasteiger partial charge in [-0.2, -0.15) is 10.1 Å². The Hall–Kier alpha value is -2.44. The number of hydrogen-bond donors (Lipinski definition) is 2. The van der Waals surface area contributed by atoms with Gasteiger partial charge in [-0.3, -0.25) is 9.89 Å². The predicted octanol–water partition coefficient (Wildman–Crippen LogP) is 0.431. The summed E-state index contributed by atoms with van der Waals surface area (Å²) in [5, 5.41) is 6.87. The smallest absolute Gasteiger partial charge is 0.337 e. The van der Waals surface area contributed by atoms with Crippen molar-refractivity contribution in [1.29, 1.82) is 0 Å². The fourth-order valence-electron chi connectivity index (χ4n) is 2.54. The van der Waals surface area contributed by atoms with E-state index in [-0.39, 0.29) is 17.5 Å². The molecule has 3 heterocycles. The maximum atomic E-state index is 12.4. The van der Waals surface area contributed by atoms with Gasteiger partial charge in [-0.1, -0.05) is 0 Å². The number of rotatable bonds is 2.